The van der Waals surface area contributed by atoms with Crippen LogP contribution in [0.5, 0.6) is 0 Å². The molecule has 86 valence electrons. The number of aryl methyl sites for hydroxylation is 2. The number of nitrogens with zero attached hydrogens (tertiary/aromatic N) is 2. The molecule has 1 atom stereocenters. The van der Waals surface area contributed by atoms with Crippen LogP contribution < -0.4 is 5.32 Å². The summed E-state index contributed by atoms with van der Waals surface area (Å²) < 4.78 is 7.24. The zero-order valence-corrected chi connectivity index (χ0v) is 9.90. The molecule has 1 N–H and O–H groups in total. The van der Waals surface area contributed by atoms with Gasteiger partial charge in [0.05, 0.1) is 18.5 Å². The molecule has 0 aliphatic carbocycles. The van der Waals surface area contributed by atoms with Crippen LogP contribution in [0.2, 0.25) is 0 Å². The Morgan fingerprint density at radius 2 is 2.38 bits per heavy atom. The standard InChI is InChI=1S/C12H17N3O/c1-9-4-5-16-12(9)10(2)13-6-11-7-14-15(3)8-11/h4-5,7-8,10,13H,6H2,1-3H3. The van der Waals surface area contributed by atoms with Gasteiger partial charge in [0, 0.05) is 25.4 Å². The summed E-state index contributed by atoms with van der Waals surface area (Å²) in [5.41, 5.74) is 2.37. The molecule has 0 fully saturated rings. The highest BCUT2D eigenvalue weighted by Gasteiger charge is 2.11. The van der Waals surface area contributed by atoms with E-state index in [1.165, 1.54) is 11.1 Å². The van der Waals surface area contributed by atoms with Gasteiger partial charge in [0.15, 0.2) is 0 Å². The first-order chi connectivity index (χ1) is 7.66. The quantitative estimate of drug-likeness (QED) is 0.857. The molecule has 0 radical (unpaired) electrons. The third-order valence-electron chi connectivity index (χ3n) is 2.67. The van der Waals surface area contributed by atoms with Crippen molar-refractivity contribution >= 4 is 0 Å². The smallest absolute Gasteiger partial charge is 0.123 e. The Labute approximate surface area is 95.3 Å². The van der Waals surface area contributed by atoms with E-state index in [4.69, 9.17) is 4.42 Å². The first-order valence-corrected chi connectivity index (χ1v) is 5.41. The fourth-order valence-corrected chi connectivity index (χ4v) is 1.75. The lowest BCUT2D eigenvalue weighted by Crippen LogP contribution is -2.17. The Balaban J connectivity index is 1.93. The number of aromatic nitrogens is 2. The van der Waals surface area contributed by atoms with Gasteiger partial charge >= 0.3 is 0 Å². The monoisotopic (exact) mass is 219 g/mol. The van der Waals surface area contributed by atoms with E-state index in [0.717, 1.165) is 12.3 Å². The van der Waals surface area contributed by atoms with Gasteiger partial charge in [0.1, 0.15) is 5.76 Å². The van der Waals surface area contributed by atoms with Crippen LogP contribution in [0, 0.1) is 6.92 Å². The molecule has 0 aliphatic rings. The van der Waals surface area contributed by atoms with Crippen molar-refractivity contribution in [3.63, 3.8) is 0 Å². The summed E-state index contributed by atoms with van der Waals surface area (Å²) in [6.07, 6.45) is 5.61. The molecular weight excluding hydrogens is 202 g/mol. The van der Waals surface area contributed by atoms with Gasteiger partial charge < -0.3 is 9.73 Å². The van der Waals surface area contributed by atoms with Crippen molar-refractivity contribution < 1.29 is 4.42 Å². The third-order valence-corrected chi connectivity index (χ3v) is 2.67. The summed E-state index contributed by atoms with van der Waals surface area (Å²) in [6, 6.07) is 2.20. The summed E-state index contributed by atoms with van der Waals surface area (Å²) in [5, 5.41) is 7.54. The number of hydrogen-bond donors (Lipinski definition) is 1. The Hall–Kier alpha value is -1.55. The fraction of sp³-hybridized carbons (Fsp3) is 0.417. The van der Waals surface area contributed by atoms with Crippen molar-refractivity contribution in [2.75, 3.05) is 0 Å². The van der Waals surface area contributed by atoms with Crippen molar-refractivity contribution in [1.29, 1.82) is 0 Å². The van der Waals surface area contributed by atoms with Crippen LogP contribution in [0.15, 0.2) is 29.1 Å². The lowest BCUT2D eigenvalue weighted by atomic mass is 10.1. The van der Waals surface area contributed by atoms with Crippen molar-refractivity contribution in [3.8, 4) is 0 Å². The molecule has 0 bridgehead atoms. The van der Waals surface area contributed by atoms with Crippen LogP contribution in [0.3, 0.4) is 0 Å². The van der Waals surface area contributed by atoms with Crippen LogP contribution >= 0.6 is 0 Å². The van der Waals surface area contributed by atoms with Gasteiger partial charge in [-0.2, -0.15) is 5.10 Å². The fourth-order valence-electron chi connectivity index (χ4n) is 1.75. The largest absolute Gasteiger partial charge is 0.467 e. The van der Waals surface area contributed by atoms with Crippen LogP contribution in [-0.4, -0.2) is 9.78 Å². The Morgan fingerprint density at radius 3 is 2.94 bits per heavy atom. The molecule has 0 aliphatic heterocycles. The predicted molar refractivity (Wildman–Crippen MR) is 61.9 cm³/mol. The molecular formula is C12H17N3O. The molecule has 4 nitrogen and oxygen atoms in total. The van der Waals surface area contributed by atoms with Crippen molar-refractivity contribution in [2.24, 2.45) is 7.05 Å². The highest BCUT2D eigenvalue weighted by molar-refractivity contribution is 5.17. The molecule has 2 heterocycles. The molecule has 0 saturated heterocycles. The first kappa shape index (κ1) is 11.0. The van der Waals surface area contributed by atoms with Gasteiger partial charge in [0.25, 0.3) is 0 Å². The Morgan fingerprint density at radius 1 is 1.56 bits per heavy atom. The normalized spacial score (nSPS) is 12.9. The number of nitrogens with one attached hydrogen (secondary N) is 1. The number of hydrogen-bond acceptors (Lipinski definition) is 3. The van der Waals surface area contributed by atoms with Crippen molar-refractivity contribution in [1.82, 2.24) is 15.1 Å². The maximum atomic E-state index is 5.44. The van der Waals surface area contributed by atoms with E-state index >= 15 is 0 Å². The molecule has 0 aromatic carbocycles. The second-order valence-corrected chi connectivity index (χ2v) is 4.09. The van der Waals surface area contributed by atoms with E-state index in [2.05, 4.69) is 24.3 Å². The second kappa shape index (κ2) is 4.53. The van der Waals surface area contributed by atoms with Crippen LogP contribution in [-0.2, 0) is 13.6 Å². The van der Waals surface area contributed by atoms with Crippen LogP contribution in [0.25, 0.3) is 0 Å². The lowest BCUT2D eigenvalue weighted by molar-refractivity contribution is 0.427. The lowest BCUT2D eigenvalue weighted by Gasteiger charge is -2.11. The molecule has 0 spiro atoms. The molecule has 4 heteroatoms. The molecule has 16 heavy (non-hydrogen) atoms. The van der Waals surface area contributed by atoms with E-state index < -0.39 is 0 Å². The van der Waals surface area contributed by atoms with Gasteiger partial charge in [-0.1, -0.05) is 0 Å². The molecule has 0 saturated carbocycles. The molecule has 2 aromatic heterocycles. The summed E-state index contributed by atoms with van der Waals surface area (Å²) in [6.45, 7) is 4.96. The zero-order valence-electron chi connectivity index (χ0n) is 9.90. The summed E-state index contributed by atoms with van der Waals surface area (Å²) in [7, 11) is 1.92. The highest BCUT2D eigenvalue weighted by Crippen LogP contribution is 2.18. The summed E-state index contributed by atoms with van der Waals surface area (Å²) >= 11 is 0. The Kier molecular flexibility index (Phi) is 3.10. The minimum atomic E-state index is 0.218. The second-order valence-electron chi connectivity index (χ2n) is 4.09. The molecule has 1 unspecified atom stereocenters. The topological polar surface area (TPSA) is 43.0 Å². The predicted octanol–water partition coefficient (Wildman–Crippen LogP) is 2.17. The SMILES string of the molecule is Cc1ccoc1C(C)NCc1cnn(C)c1. The Bertz CT molecular complexity index is 458. The third kappa shape index (κ3) is 2.33. The average Bonchev–Trinajstić information content (AvgIpc) is 2.84. The van der Waals surface area contributed by atoms with E-state index in [-0.39, 0.29) is 6.04 Å². The zero-order chi connectivity index (χ0) is 11.5. The van der Waals surface area contributed by atoms with Gasteiger partial charge in [-0.25, -0.2) is 0 Å². The molecule has 2 rings (SSSR count). The summed E-state index contributed by atoms with van der Waals surface area (Å²) in [4.78, 5) is 0. The average molecular weight is 219 g/mol. The van der Waals surface area contributed by atoms with E-state index in [1.807, 2.05) is 25.5 Å². The van der Waals surface area contributed by atoms with Crippen molar-refractivity contribution in [3.05, 3.63) is 41.6 Å². The van der Waals surface area contributed by atoms with E-state index in [9.17, 15) is 0 Å². The van der Waals surface area contributed by atoms with Gasteiger partial charge in [0.2, 0.25) is 0 Å². The summed E-state index contributed by atoms with van der Waals surface area (Å²) in [5.74, 6) is 1.00. The van der Waals surface area contributed by atoms with E-state index in [0.29, 0.717) is 0 Å². The number of furan rings is 1. The molecule has 2 aromatic rings. The van der Waals surface area contributed by atoms with E-state index in [1.54, 1.807) is 10.9 Å². The van der Waals surface area contributed by atoms with Crippen LogP contribution in [0.1, 0.15) is 29.9 Å². The molecule has 0 amide bonds. The van der Waals surface area contributed by atoms with Gasteiger partial charge in [-0.3, -0.25) is 4.68 Å². The number of rotatable bonds is 4. The maximum Gasteiger partial charge on any atom is 0.123 e. The van der Waals surface area contributed by atoms with Gasteiger partial charge in [-0.05, 0) is 25.5 Å². The first-order valence-electron chi connectivity index (χ1n) is 5.41. The van der Waals surface area contributed by atoms with Gasteiger partial charge in [-0.15, -0.1) is 0 Å². The minimum Gasteiger partial charge on any atom is -0.467 e. The highest BCUT2D eigenvalue weighted by atomic mass is 16.3. The maximum absolute atomic E-state index is 5.44. The minimum absolute atomic E-state index is 0.218. The van der Waals surface area contributed by atoms with Crippen molar-refractivity contribution in [2.45, 2.75) is 26.4 Å². The van der Waals surface area contributed by atoms with Crippen LogP contribution in [0.4, 0.5) is 0 Å².